The third-order valence-electron chi connectivity index (χ3n) is 8.65. The maximum Gasteiger partial charge on any atom is 0.183 e. The van der Waals surface area contributed by atoms with Crippen molar-refractivity contribution >= 4 is 17.3 Å². The van der Waals surface area contributed by atoms with Crippen molar-refractivity contribution < 1.29 is 24.6 Å². The van der Waals surface area contributed by atoms with E-state index in [4.69, 9.17) is 0 Å². The minimum atomic E-state index is -1.35. The number of hydrogen-bond acceptors (Lipinski definition) is 5. The van der Waals surface area contributed by atoms with Crippen LogP contribution in [0.4, 0.5) is 0 Å². The molecule has 2 N–H and O–H groups in total. The molecule has 5 heteroatoms. The normalized spacial score (nSPS) is 35.3. The number of fused-ring (bicyclic) bond motifs is 1. The van der Waals surface area contributed by atoms with Crippen LogP contribution in [0.5, 0.6) is 0 Å². The Kier molecular flexibility index (Phi) is 5.50. The third-order valence-corrected chi connectivity index (χ3v) is 8.65. The summed E-state index contributed by atoms with van der Waals surface area (Å²) >= 11 is 0. The van der Waals surface area contributed by atoms with Gasteiger partial charge < -0.3 is 10.2 Å². The predicted molar refractivity (Wildman–Crippen MR) is 119 cm³/mol. The standard InChI is InChI=1S/C26H38O5/c1-9-15(4)19(27)18-20(28)25(11-10-14(2)3)12-17-23(5,6)16(24(7,8)31)13-26(17,21(18)29)22(25)30/h10,15-17,28,31H,9,11-13H2,1-8H3/t15?,16-,17+,25?,26-/m0/s1. The molecule has 3 aliphatic carbocycles. The minimum absolute atomic E-state index is 0.161. The van der Waals surface area contributed by atoms with Crippen LogP contribution in [0.1, 0.15) is 81.1 Å². The zero-order valence-electron chi connectivity index (χ0n) is 20.3. The molecular weight excluding hydrogens is 392 g/mol. The van der Waals surface area contributed by atoms with E-state index in [2.05, 4.69) is 0 Å². The molecular formula is C26H38O5. The summed E-state index contributed by atoms with van der Waals surface area (Å²) in [5.41, 5.74) is -3.32. The van der Waals surface area contributed by atoms with Crippen LogP contribution in [0.3, 0.4) is 0 Å². The summed E-state index contributed by atoms with van der Waals surface area (Å²) < 4.78 is 0. The third kappa shape index (κ3) is 3.02. The summed E-state index contributed by atoms with van der Waals surface area (Å²) in [4.78, 5) is 41.3. The minimum Gasteiger partial charge on any atom is -0.510 e. The van der Waals surface area contributed by atoms with E-state index in [9.17, 15) is 24.6 Å². The number of Topliss-reactive ketones (excluding diaryl/α,β-unsaturated/α-hetero) is 3. The molecule has 1 spiro atoms. The van der Waals surface area contributed by atoms with Gasteiger partial charge in [0.15, 0.2) is 17.3 Å². The molecule has 3 rings (SSSR count). The number of carbonyl (C=O) groups is 3. The number of rotatable bonds is 6. The highest BCUT2D eigenvalue weighted by molar-refractivity contribution is 6.32. The first-order valence-electron chi connectivity index (χ1n) is 11.5. The van der Waals surface area contributed by atoms with Crippen molar-refractivity contribution in [3.8, 4) is 0 Å². The maximum absolute atomic E-state index is 14.1. The Morgan fingerprint density at radius 1 is 1.23 bits per heavy atom. The van der Waals surface area contributed by atoms with Crippen LogP contribution in [0.2, 0.25) is 0 Å². The van der Waals surface area contributed by atoms with E-state index in [-0.39, 0.29) is 47.6 Å². The van der Waals surface area contributed by atoms with Gasteiger partial charge in [-0.25, -0.2) is 0 Å². The number of carbonyl (C=O) groups excluding carboxylic acids is 3. The molecule has 2 unspecified atom stereocenters. The quantitative estimate of drug-likeness (QED) is 0.361. The second-order valence-electron chi connectivity index (χ2n) is 11.6. The summed E-state index contributed by atoms with van der Waals surface area (Å²) in [7, 11) is 0. The molecule has 0 aromatic rings. The van der Waals surface area contributed by atoms with Crippen LogP contribution in [0, 0.1) is 34.0 Å². The van der Waals surface area contributed by atoms with E-state index >= 15 is 0 Å². The average molecular weight is 431 g/mol. The average Bonchev–Trinajstić information content (AvgIpc) is 3.03. The van der Waals surface area contributed by atoms with Crippen LogP contribution in [0.15, 0.2) is 23.0 Å². The van der Waals surface area contributed by atoms with Crippen LogP contribution >= 0.6 is 0 Å². The summed E-state index contributed by atoms with van der Waals surface area (Å²) in [6.45, 7) is 15.0. The molecule has 0 aliphatic heterocycles. The van der Waals surface area contributed by atoms with E-state index in [1.807, 2.05) is 40.7 Å². The highest BCUT2D eigenvalue weighted by Gasteiger charge is 2.78. The first-order chi connectivity index (χ1) is 14.1. The largest absolute Gasteiger partial charge is 0.510 e. The molecule has 3 aliphatic rings. The monoisotopic (exact) mass is 430 g/mol. The fourth-order valence-corrected chi connectivity index (χ4v) is 6.76. The first-order valence-corrected chi connectivity index (χ1v) is 11.5. The van der Waals surface area contributed by atoms with Gasteiger partial charge >= 0.3 is 0 Å². The Bertz CT molecular complexity index is 895. The van der Waals surface area contributed by atoms with Gasteiger partial charge in [0, 0.05) is 5.92 Å². The molecule has 31 heavy (non-hydrogen) atoms. The van der Waals surface area contributed by atoms with Crippen LogP contribution in [-0.2, 0) is 14.4 Å². The van der Waals surface area contributed by atoms with Gasteiger partial charge in [-0.3, -0.25) is 14.4 Å². The molecule has 0 aromatic carbocycles. The van der Waals surface area contributed by atoms with Crippen molar-refractivity contribution in [1.82, 2.24) is 0 Å². The number of aliphatic hydroxyl groups is 2. The Morgan fingerprint density at radius 3 is 2.29 bits per heavy atom. The van der Waals surface area contributed by atoms with Crippen molar-refractivity contribution in [3.63, 3.8) is 0 Å². The van der Waals surface area contributed by atoms with Gasteiger partial charge in [-0.1, -0.05) is 39.3 Å². The SMILES string of the molecule is CCC(C)C(=O)C1=C(O)C2(CC=C(C)C)C[C@@H]3C(C)(C)[C@@H](C(C)(C)O)C[C@]3(C1=O)C2=O. The van der Waals surface area contributed by atoms with Gasteiger partial charge in [0.1, 0.15) is 11.3 Å². The highest BCUT2D eigenvalue weighted by Crippen LogP contribution is 2.73. The van der Waals surface area contributed by atoms with Crippen LogP contribution < -0.4 is 0 Å². The molecule has 0 amide bonds. The van der Waals surface area contributed by atoms with Crippen molar-refractivity contribution in [3.05, 3.63) is 23.0 Å². The van der Waals surface area contributed by atoms with E-state index in [1.54, 1.807) is 20.8 Å². The lowest BCUT2D eigenvalue weighted by atomic mass is 9.62. The van der Waals surface area contributed by atoms with Gasteiger partial charge in [-0.05, 0) is 70.6 Å². The predicted octanol–water partition coefficient (Wildman–Crippen LogP) is 4.73. The van der Waals surface area contributed by atoms with Crippen LogP contribution in [-0.4, -0.2) is 33.2 Å². The topological polar surface area (TPSA) is 91.7 Å². The van der Waals surface area contributed by atoms with Gasteiger partial charge in [0.05, 0.1) is 16.4 Å². The van der Waals surface area contributed by atoms with Gasteiger partial charge in [0.2, 0.25) is 0 Å². The molecule has 5 atom stereocenters. The Labute approximate surface area is 186 Å². The lowest BCUT2D eigenvalue weighted by molar-refractivity contribution is -0.145. The number of hydrogen-bond donors (Lipinski definition) is 2. The lowest BCUT2D eigenvalue weighted by Crippen LogP contribution is -2.50. The zero-order chi connectivity index (χ0) is 23.7. The van der Waals surface area contributed by atoms with Gasteiger partial charge in [-0.2, -0.15) is 0 Å². The lowest BCUT2D eigenvalue weighted by Gasteiger charge is -2.41. The molecule has 172 valence electrons. The number of ketones is 3. The number of aliphatic hydroxyl groups excluding tert-OH is 1. The molecule has 2 bridgehead atoms. The van der Waals surface area contributed by atoms with E-state index < -0.39 is 33.5 Å². The molecule has 2 saturated carbocycles. The van der Waals surface area contributed by atoms with E-state index in [0.717, 1.165) is 5.57 Å². The summed E-state index contributed by atoms with van der Waals surface area (Å²) in [6, 6.07) is 0. The van der Waals surface area contributed by atoms with Crippen molar-refractivity contribution in [1.29, 1.82) is 0 Å². The molecule has 0 saturated heterocycles. The second kappa shape index (κ2) is 7.13. The smallest absolute Gasteiger partial charge is 0.183 e. The fourth-order valence-electron chi connectivity index (χ4n) is 6.76. The molecule has 0 aromatic heterocycles. The Balaban J connectivity index is 2.29. The second-order valence-corrected chi connectivity index (χ2v) is 11.6. The summed E-state index contributed by atoms with van der Waals surface area (Å²) in [6.07, 6.45) is 3.29. The van der Waals surface area contributed by atoms with Gasteiger partial charge in [-0.15, -0.1) is 0 Å². The van der Waals surface area contributed by atoms with E-state index in [0.29, 0.717) is 12.8 Å². The molecule has 5 nitrogen and oxygen atoms in total. The fraction of sp³-hybridized carbons (Fsp3) is 0.731. The van der Waals surface area contributed by atoms with Crippen molar-refractivity contribution in [2.75, 3.05) is 0 Å². The molecule has 0 radical (unpaired) electrons. The Morgan fingerprint density at radius 2 is 1.81 bits per heavy atom. The Hall–Kier alpha value is -1.75. The summed E-state index contributed by atoms with van der Waals surface area (Å²) in [5.74, 6) is -2.50. The van der Waals surface area contributed by atoms with Gasteiger partial charge in [0.25, 0.3) is 0 Å². The molecule has 2 fully saturated rings. The molecule has 0 heterocycles. The highest BCUT2D eigenvalue weighted by atomic mass is 16.3. The maximum atomic E-state index is 14.1. The van der Waals surface area contributed by atoms with Crippen molar-refractivity contribution in [2.24, 2.45) is 34.0 Å². The van der Waals surface area contributed by atoms with Crippen molar-refractivity contribution in [2.45, 2.75) is 86.7 Å². The van der Waals surface area contributed by atoms with E-state index in [1.165, 1.54) is 0 Å². The summed E-state index contributed by atoms with van der Waals surface area (Å²) in [5, 5.41) is 22.3. The zero-order valence-corrected chi connectivity index (χ0v) is 20.3. The number of allylic oxidation sites excluding steroid dienone is 4. The van der Waals surface area contributed by atoms with Crippen LogP contribution in [0.25, 0.3) is 0 Å². The first kappa shape index (κ1) is 23.9.